The number of rotatable bonds is 4. The van der Waals surface area contributed by atoms with Gasteiger partial charge in [-0.05, 0) is 23.8 Å². The molecular weight excluding hydrogens is 284 g/mol. The molecule has 2 aromatic carbocycles. The van der Waals surface area contributed by atoms with Crippen molar-refractivity contribution in [3.05, 3.63) is 59.7 Å². The molecule has 0 spiro atoms. The SMILES string of the molecule is COc1ccc(O)c(C2NN=C(Cc3ccccc3)S2)c1. The van der Waals surface area contributed by atoms with Crippen LogP contribution in [0.15, 0.2) is 53.6 Å². The van der Waals surface area contributed by atoms with E-state index in [0.29, 0.717) is 0 Å². The van der Waals surface area contributed by atoms with E-state index in [2.05, 4.69) is 22.7 Å². The van der Waals surface area contributed by atoms with Gasteiger partial charge in [0.2, 0.25) is 0 Å². The van der Waals surface area contributed by atoms with Gasteiger partial charge in [0.15, 0.2) is 0 Å². The number of hydrogen-bond donors (Lipinski definition) is 2. The lowest BCUT2D eigenvalue weighted by Crippen LogP contribution is -2.07. The van der Waals surface area contributed by atoms with Crippen LogP contribution in [0.2, 0.25) is 0 Å². The van der Waals surface area contributed by atoms with Crippen molar-refractivity contribution in [2.45, 2.75) is 11.8 Å². The second-order valence-electron chi connectivity index (χ2n) is 4.72. The molecule has 5 heteroatoms. The van der Waals surface area contributed by atoms with E-state index in [0.717, 1.165) is 22.8 Å². The molecule has 0 saturated carbocycles. The number of methoxy groups -OCH3 is 1. The molecule has 1 unspecified atom stereocenters. The third kappa shape index (κ3) is 3.13. The zero-order valence-corrected chi connectivity index (χ0v) is 12.4. The van der Waals surface area contributed by atoms with Crippen LogP contribution in [-0.2, 0) is 6.42 Å². The normalized spacial score (nSPS) is 17.2. The molecule has 3 rings (SSSR count). The Morgan fingerprint density at radius 3 is 2.81 bits per heavy atom. The molecular formula is C16H16N2O2S. The maximum Gasteiger partial charge on any atom is 0.124 e. The lowest BCUT2D eigenvalue weighted by Gasteiger charge is -2.12. The maximum atomic E-state index is 10.0. The van der Waals surface area contributed by atoms with Gasteiger partial charge in [-0.2, -0.15) is 5.10 Å². The van der Waals surface area contributed by atoms with Crippen LogP contribution in [-0.4, -0.2) is 17.3 Å². The van der Waals surface area contributed by atoms with Crippen molar-refractivity contribution in [2.24, 2.45) is 5.10 Å². The summed E-state index contributed by atoms with van der Waals surface area (Å²) in [5, 5.41) is 15.3. The molecule has 0 aromatic heterocycles. The number of phenols is 1. The number of benzene rings is 2. The van der Waals surface area contributed by atoms with Crippen molar-refractivity contribution in [3.63, 3.8) is 0 Å². The largest absolute Gasteiger partial charge is 0.508 e. The van der Waals surface area contributed by atoms with Gasteiger partial charge in [0.1, 0.15) is 16.9 Å². The van der Waals surface area contributed by atoms with Crippen molar-refractivity contribution >= 4 is 16.8 Å². The standard InChI is InChI=1S/C16H16N2O2S/c1-20-12-7-8-14(19)13(10-12)16-18-17-15(21-16)9-11-5-3-2-4-6-11/h2-8,10,16,18-19H,9H2,1H3. The molecule has 2 N–H and O–H groups in total. The minimum atomic E-state index is -0.0844. The van der Waals surface area contributed by atoms with Gasteiger partial charge in [0, 0.05) is 12.0 Å². The third-order valence-corrected chi connectivity index (χ3v) is 4.38. The van der Waals surface area contributed by atoms with Gasteiger partial charge in [-0.1, -0.05) is 42.1 Å². The molecule has 0 radical (unpaired) electrons. The molecule has 0 bridgehead atoms. The number of ether oxygens (including phenoxy) is 1. The Labute approximate surface area is 127 Å². The Kier molecular flexibility index (Phi) is 4.01. The van der Waals surface area contributed by atoms with Crippen LogP contribution in [0.25, 0.3) is 0 Å². The summed E-state index contributed by atoms with van der Waals surface area (Å²) >= 11 is 1.62. The van der Waals surface area contributed by atoms with E-state index >= 15 is 0 Å². The van der Waals surface area contributed by atoms with Gasteiger partial charge < -0.3 is 9.84 Å². The highest BCUT2D eigenvalue weighted by Gasteiger charge is 2.24. The van der Waals surface area contributed by atoms with Crippen LogP contribution in [0, 0.1) is 0 Å². The molecule has 0 aliphatic carbocycles. The highest BCUT2D eigenvalue weighted by Crippen LogP contribution is 2.38. The molecule has 1 heterocycles. The number of hydrazone groups is 1. The fraction of sp³-hybridized carbons (Fsp3) is 0.188. The van der Waals surface area contributed by atoms with Crippen LogP contribution < -0.4 is 10.2 Å². The number of aromatic hydroxyl groups is 1. The van der Waals surface area contributed by atoms with Crippen molar-refractivity contribution in [1.29, 1.82) is 0 Å². The molecule has 4 nitrogen and oxygen atoms in total. The first-order valence-electron chi connectivity index (χ1n) is 6.66. The van der Waals surface area contributed by atoms with Gasteiger partial charge in [0.05, 0.1) is 12.2 Å². The van der Waals surface area contributed by atoms with Crippen molar-refractivity contribution < 1.29 is 9.84 Å². The molecule has 1 aliphatic heterocycles. The van der Waals surface area contributed by atoms with Crippen LogP contribution in [0.1, 0.15) is 16.5 Å². The fourth-order valence-electron chi connectivity index (χ4n) is 2.17. The van der Waals surface area contributed by atoms with Gasteiger partial charge in [-0.25, -0.2) is 0 Å². The predicted octanol–water partition coefficient (Wildman–Crippen LogP) is 3.29. The lowest BCUT2D eigenvalue weighted by molar-refractivity contribution is 0.410. The summed E-state index contributed by atoms with van der Waals surface area (Å²) in [6, 6.07) is 15.4. The quantitative estimate of drug-likeness (QED) is 0.909. The molecule has 1 aliphatic rings. The molecule has 0 fully saturated rings. The Morgan fingerprint density at radius 1 is 1.24 bits per heavy atom. The number of nitrogens with zero attached hydrogens (tertiary/aromatic N) is 1. The van der Waals surface area contributed by atoms with E-state index in [1.165, 1.54) is 5.56 Å². The van der Waals surface area contributed by atoms with Gasteiger partial charge in [-0.3, -0.25) is 5.43 Å². The second-order valence-corrected chi connectivity index (χ2v) is 5.90. The first kappa shape index (κ1) is 13.8. The van der Waals surface area contributed by atoms with E-state index in [1.807, 2.05) is 24.3 Å². The summed E-state index contributed by atoms with van der Waals surface area (Å²) in [6.45, 7) is 0. The molecule has 0 saturated heterocycles. The molecule has 0 amide bonds. The van der Waals surface area contributed by atoms with Crippen LogP contribution in [0.5, 0.6) is 11.5 Å². The van der Waals surface area contributed by atoms with Gasteiger partial charge in [0.25, 0.3) is 0 Å². The van der Waals surface area contributed by atoms with Crippen LogP contribution in [0.4, 0.5) is 0 Å². The van der Waals surface area contributed by atoms with E-state index in [4.69, 9.17) is 4.74 Å². The van der Waals surface area contributed by atoms with E-state index < -0.39 is 0 Å². The summed E-state index contributed by atoms with van der Waals surface area (Å²) in [7, 11) is 1.61. The Hall–Kier alpha value is -2.14. The highest BCUT2D eigenvalue weighted by molar-refractivity contribution is 8.14. The summed E-state index contributed by atoms with van der Waals surface area (Å²) in [4.78, 5) is 0. The minimum absolute atomic E-state index is 0.0844. The monoisotopic (exact) mass is 300 g/mol. The predicted molar refractivity (Wildman–Crippen MR) is 85.7 cm³/mol. The number of thioether (sulfide) groups is 1. The van der Waals surface area contributed by atoms with Crippen molar-refractivity contribution in [2.75, 3.05) is 7.11 Å². The smallest absolute Gasteiger partial charge is 0.124 e. The minimum Gasteiger partial charge on any atom is -0.508 e. The van der Waals surface area contributed by atoms with Crippen LogP contribution >= 0.6 is 11.8 Å². The summed E-state index contributed by atoms with van der Waals surface area (Å²) in [5.41, 5.74) is 5.08. The molecule has 21 heavy (non-hydrogen) atoms. The summed E-state index contributed by atoms with van der Waals surface area (Å²) < 4.78 is 5.21. The average Bonchev–Trinajstić information content (AvgIpc) is 2.97. The average molecular weight is 300 g/mol. The fourth-order valence-corrected chi connectivity index (χ4v) is 3.22. The van der Waals surface area contributed by atoms with Crippen molar-refractivity contribution in [1.82, 2.24) is 5.43 Å². The van der Waals surface area contributed by atoms with Crippen molar-refractivity contribution in [3.8, 4) is 11.5 Å². The van der Waals surface area contributed by atoms with E-state index in [-0.39, 0.29) is 11.1 Å². The first-order chi connectivity index (χ1) is 10.3. The zero-order valence-electron chi connectivity index (χ0n) is 11.6. The Bertz CT molecular complexity index is 659. The second kappa shape index (κ2) is 6.10. The number of hydrogen-bond acceptors (Lipinski definition) is 5. The van der Waals surface area contributed by atoms with E-state index in [9.17, 15) is 5.11 Å². The Balaban J connectivity index is 1.71. The van der Waals surface area contributed by atoms with Crippen LogP contribution in [0.3, 0.4) is 0 Å². The maximum absolute atomic E-state index is 10.0. The number of nitrogens with one attached hydrogen (secondary N) is 1. The first-order valence-corrected chi connectivity index (χ1v) is 7.54. The topological polar surface area (TPSA) is 53.9 Å². The summed E-state index contributed by atoms with van der Waals surface area (Å²) in [5.74, 6) is 0.971. The van der Waals surface area contributed by atoms with Gasteiger partial charge >= 0.3 is 0 Å². The highest BCUT2D eigenvalue weighted by atomic mass is 32.2. The van der Waals surface area contributed by atoms with Gasteiger partial charge in [-0.15, -0.1) is 0 Å². The molecule has 2 aromatic rings. The molecule has 108 valence electrons. The zero-order chi connectivity index (χ0) is 14.7. The Morgan fingerprint density at radius 2 is 2.05 bits per heavy atom. The lowest BCUT2D eigenvalue weighted by atomic mass is 10.2. The summed E-state index contributed by atoms with van der Waals surface area (Å²) in [6.07, 6.45) is 0.791. The molecule has 1 atom stereocenters. The van der Waals surface area contributed by atoms with E-state index in [1.54, 1.807) is 31.0 Å². The number of phenolic OH excluding ortho intramolecular Hbond substituents is 1. The third-order valence-electron chi connectivity index (χ3n) is 3.28.